The Labute approximate surface area is 117 Å². The average Bonchev–Trinajstić information content (AvgIpc) is 2.45. The van der Waals surface area contributed by atoms with Gasteiger partial charge in [0.2, 0.25) is 0 Å². The third-order valence-electron chi connectivity index (χ3n) is 5.07. The summed E-state index contributed by atoms with van der Waals surface area (Å²) < 4.78 is 6.36. The van der Waals surface area contributed by atoms with Gasteiger partial charge in [-0.2, -0.15) is 0 Å². The molecule has 1 saturated carbocycles. The number of hydrogen-bond donors (Lipinski definition) is 1. The van der Waals surface area contributed by atoms with E-state index in [1.165, 1.54) is 18.4 Å². The van der Waals surface area contributed by atoms with Gasteiger partial charge in [-0.15, -0.1) is 0 Å². The maximum absolute atomic E-state index is 6.36. The SMILES string of the molecule is CCc1ccccc1OC1CC(NC)C1(CC)CC. The molecule has 0 aromatic heterocycles. The summed E-state index contributed by atoms with van der Waals surface area (Å²) in [5, 5.41) is 3.46. The Morgan fingerprint density at radius 2 is 1.89 bits per heavy atom. The monoisotopic (exact) mass is 261 g/mol. The first-order valence-corrected chi connectivity index (χ1v) is 7.63. The van der Waals surface area contributed by atoms with Gasteiger partial charge in [-0.3, -0.25) is 0 Å². The van der Waals surface area contributed by atoms with Crippen molar-refractivity contribution in [3.8, 4) is 5.75 Å². The van der Waals surface area contributed by atoms with Gasteiger partial charge in [-0.25, -0.2) is 0 Å². The van der Waals surface area contributed by atoms with Gasteiger partial charge >= 0.3 is 0 Å². The Hall–Kier alpha value is -1.02. The van der Waals surface area contributed by atoms with Gasteiger partial charge in [0.15, 0.2) is 0 Å². The van der Waals surface area contributed by atoms with Crippen LogP contribution < -0.4 is 10.1 Å². The molecule has 0 saturated heterocycles. The van der Waals surface area contributed by atoms with E-state index in [1.807, 2.05) is 0 Å². The van der Waals surface area contributed by atoms with E-state index < -0.39 is 0 Å². The van der Waals surface area contributed by atoms with Crippen molar-refractivity contribution in [2.24, 2.45) is 5.41 Å². The quantitative estimate of drug-likeness (QED) is 0.841. The van der Waals surface area contributed by atoms with Crippen LogP contribution in [0.2, 0.25) is 0 Å². The predicted molar refractivity (Wildman–Crippen MR) is 80.7 cm³/mol. The molecule has 1 aliphatic rings. The Morgan fingerprint density at radius 1 is 1.21 bits per heavy atom. The van der Waals surface area contributed by atoms with Crippen molar-refractivity contribution >= 4 is 0 Å². The summed E-state index contributed by atoms with van der Waals surface area (Å²) in [7, 11) is 2.07. The predicted octanol–water partition coefficient (Wildman–Crippen LogP) is 3.79. The summed E-state index contributed by atoms with van der Waals surface area (Å²) in [6.07, 6.45) is 4.86. The molecule has 0 spiro atoms. The van der Waals surface area contributed by atoms with E-state index in [1.54, 1.807) is 0 Å². The van der Waals surface area contributed by atoms with E-state index in [2.05, 4.69) is 57.4 Å². The summed E-state index contributed by atoms with van der Waals surface area (Å²) >= 11 is 0. The summed E-state index contributed by atoms with van der Waals surface area (Å²) in [6, 6.07) is 9.05. The molecular weight excluding hydrogens is 234 g/mol. The highest BCUT2D eigenvalue weighted by Gasteiger charge is 2.53. The molecule has 0 aliphatic heterocycles. The molecule has 0 amide bonds. The van der Waals surface area contributed by atoms with Gasteiger partial charge in [0.05, 0.1) is 0 Å². The molecule has 1 aliphatic carbocycles. The molecule has 1 aromatic rings. The number of benzene rings is 1. The van der Waals surface area contributed by atoms with E-state index in [0.717, 1.165) is 18.6 Å². The van der Waals surface area contributed by atoms with Crippen LogP contribution in [0, 0.1) is 5.41 Å². The fraction of sp³-hybridized carbons (Fsp3) is 0.647. The van der Waals surface area contributed by atoms with Crippen molar-refractivity contribution in [3.05, 3.63) is 29.8 Å². The number of para-hydroxylation sites is 1. The van der Waals surface area contributed by atoms with Crippen LogP contribution in [-0.4, -0.2) is 19.2 Å². The van der Waals surface area contributed by atoms with Crippen molar-refractivity contribution in [2.75, 3.05) is 7.05 Å². The normalized spacial score (nSPS) is 24.8. The van der Waals surface area contributed by atoms with Crippen LogP contribution in [0.25, 0.3) is 0 Å². The molecule has 0 bridgehead atoms. The van der Waals surface area contributed by atoms with E-state index in [0.29, 0.717) is 17.6 Å². The molecule has 2 heteroatoms. The highest BCUT2D eigenvalue weighted by atomic mass is 16.5. The molecule has 2 nitrogen and oxygen atoms in total. The Morgan fingerprint density at radius 3 is 2.47 bits per heavy atom. The summed E-state index contributed by atoms with van der Waals surface area (Å²) in [4.78, 5) is 0. The van der Waals surface area contributed by atoms with Crippen LogP contribution in [0.1, 0.15) is 45.6 Å². The Bertz CT molecular complexity index is 411. The lowest BCUT2D eigenvalue weighted by Crippen LogP contribution is -2.63. The van der Waals surface area contributed by atoms with Crippen molar-refractivity contribution in [3.63, 3.8) is 0 Å². The molecule has 1 aromatic carbocycles. The fourth-order valence-corrected chi connectivity index (χ4v) is 3.58. The highest BCUT2D eigenvalue weighted by Crippen LogP contribution is 2.49. The first-order chi connectivity index (χ1) is 9.21. The van der Waals surface area contributed by atoms with Gasteiger partial charge in [-0.1, -0.05) is 39.0 Å². The minimum absolute atomic E-state index is 0.301. The summed E-state index contributed by atoms with van der Waals surface area (Å²) in [5.41, 5.74) is 1.62. The van der Waals surface area contributed by atoms with Crippen LogP contribution in [-0.2, 0) is 6.42 Å². The van der Waals surface area contributed by atoms with Gasteiger partial charge in [0.1, 0.15) is 11.9 Å². The zero-order chi connectivity index (χ0) is 13.9. The fourth-order valence-electron chi connectivity index (χ4n) is 3.58. The maximum Gasteiger partial charge on any atom is 0.122 e. The number of hydrogen-bond acceptors (Lipinski definition) is 2. The first-order valence-electron chi connectivity index (χ1n) is 7.63. The number of rotatable bonds is 6. The lowest BCUT2D eigenvalue weighted by molar-refractivity contribution is -0.0839. The first kappa shape index (κ1) is 14.4. The Balaban J connectivity index is 2.15. The van der Waals surface area contributed by atoms with Crippen molar-refractivity contribution in [2.45, 2.75) is 58.6 Å². The van der Waals surface area contributed by atoms with Crippen molar-refractivity contribution in [1.82, 2.24) is 5.32 Å². The number of nitrogens with one attached hydrogen (secondary N) is 1. The van der Waals surface area contributed by atoms with Crippen LogP contribution in [0.5, 0.6) is 5.75 Å². The third-order valence-corrected chi connectivity index (χ3v) is 5.07. The molecule has 1 fully saturated rings. The van der Waals surface area contributed by atoms with E-state index in [9.17, 15) is 0 Å². The van der Waals surface area contributed by atoms with Crippen molar-refractivity contribution < 1.29 is 4.74 Å². The topological polar surface area (TPSA) is 21.3 Å². The second kappa shape index (κ2) is 5.96. The number of ether oxygens (including phenoxy) is 1. The molecule has 2 unspecified atom stereocenters. The highest BCUT2D eigenvalue weighted by molar-refractivity contribution is 5.34. The zero-order valence-electron chi connectivity index (χ0n) is 12.7. The standard InChI is InChI=1S/C17H27NO/c1-5-13-10-8-9-11-14(13)19-16-12-15(18-4)17(16,6-2)7-3/h8-11,15-16,18H,5-7,12H2,1-4H3. The second-order valence-electron chi connectivity index (χ2n) is 5.59. The molecule has 0 radical (unpaired) electrons. The summed E-state index contributed by atoms with van der Waals surface area (Å²) in [5.74, 6) is 1.08. The van der Waals surface area contributed by atoms with E-state index in [4.69, 9.17) is 4.74 Å². The molecule has 106 valence electrons. The number of aryl methyl sites for hydroxylation is 1. The van der Waals surface area contributed by atoms with E-state index >= 15 is 0 Å². The van der Waals surface area contributed by atoms with E-state index in [-0.39, 0.29) is 0 Å². The minimum Gasteiger partial charge on any atom is -0.489 e. The van der Waals surface area contributed by atoms with Crippen LogP contribution in [0.3, 0.4) is 0 Å². The van der Waals surface area contributed by atoms with Gasteiger partial charge in [0, 0.05) is 17.9 Å². The zero-order valence-corrected chi connectivity index (χ0v) is 12.7. The molecule has 2 rings (SSSR count). The van der Waals surface area contributed by atoms with Crippen LogP contribution in [0.15, 0.2) is 24.3 Å². The smallest absolute Gasteiger partial charge is 0.122 e. The molecule has 19 heavy (non-hydrogen) atoms. The lowest BCUT2D eigenvalue weighted by Gasteiger charge is -2.55. The Kier molecular flexibility index (Phi) is 4.51. The van der Waals surface area contributed by atoms with Crippen molar-refractivity contribution in [1.29, 1.82) is 0 Å². The largest absolute Gasteiger partial charge is 0.489 e. The maximum atomic E-state index is 6.36. The average molecular weight is 261 g/mol. The minimum atomic E-state index is 0.301. The molecule has 0 heterocycles. The molecule has 1 N–H and O–H groups in total. The van der Waals surface area contributed by atoms with Crippen LogP contribution in [0.4, 0.5) is 0 Å². The summed E-state index contributed by atoms with van der Waals surface area (Å²) in [6.45, 7) is 6.76. The van der Waals surface area contributed by atoms with Gasteiger partial charge < -0.3 is 10.1 Å². The molecule has 2 atom stereocenters. The second-order valence-corrected chi connectivity index (χ2v) is 5.59. The van der Waals surface area contributed by atoms with Gasteiger partial charge in [0.25, 0.3) is 0 Å². The third kappa shape index (κ3) is 2.38. The lowest BCUT2D eigenvalue weighted by atomic mass is 9.58. The van der Waals surface area contributed by atoms with Gasteiger partial charge in [-0.05, 0) is 37.9 Å². The molecular formula is C17H27NO. The van der Waals surface area contributed by atoms with Crippen LogP contribution >= 0.6 is 0 Å².